The van der Waals surface area contributed by atoms with Crippen LogP contribution in [0.25, 0.3) is 0 Å². The van der Waals surface area contributed by atoms with E-state index in [1.165, 1.54) is 25.0 Å². The monoisotopic (exact) mass is 269 g/mol. The molecule has 106 valence electrons. The van der Waals surface area contributed by atoms with Gasteiger partial charge in [-0.25, -0.2) is 4.79 Å². The summed E-state index contributed by atoms with van der Waals surface area (Å²) >= 11 is 0. The van der Waals surface area contributed by atoms with Gasteiger partial charge >= 0.3 is 5.97 Å². The summed E-state index contributed by atoms with van der Waals surface area (Å²) in [5.41, 5.74) is -0.467. The van der Waals surface area contributed by atoms with E-state index < -0.39 is 23.5 Å². The van der Waals surface area contributed by atoms with Crippen molar-refractivity contribution in [1.29, 1.82) is 0 Å². The van der Waals surface area contributed by atoms with E-state index in [1.807, 2.05) is 13.8 Å². The van der Waals surface area contributed by atoms with Gasteiger partial charge in [-0.3, -0.25) is 14.3 Å². The first-order chi connectivity index (χ1) is 8.86. The van der Waals surface area contributed by atoms with Crippen molar-refractivity contribution in [3.63, 3.8) is 0 Å². The summed E-state index contributed by atoms with van der Waals surface area (Å²) < 4.78 is 5.83. The third kappa shape index (κ3) is 3.70. The minimum Gasteiger partial charge on any atom is -0.467 e. The van der Waals surface area contributed by atoms with E-state index >= 15 is 0 Å². The van der Waals surface area contributed by atoms with Gasteiger partial charge in [-0.15, -0.1) is 0 Å². The van der Waals surface area contributed by atoms with E-state index in [0.717, 1.165) is 0 Å². The lowest BCUT2D eigenvalue weighted by Gasteiger charge is -2.17. The number of methoxy groups -OCH3 is 1. The van der Waals surface area contributed by atoms with Crippen LogP contribution in [-0.2, 0) is 16.6 Å². The fraction of sp³-hybridized carbons (Fsp3) is 0.583. The van der Waals surface area contributed by atoms with Crippen molar-refractivity contribution in [3.05, 3.63) is 22.1 Å². The summed E-state index contributed by atoms with van der Waals surface area (Å²) in [7, 11) is 2.77. The highest BCUT2D eigenvalue weighted by molar-refractivity contribution is 5.96. The lowest BCUT2D eigenvalue weighted by molar-refractivity contribution is -0.143. The Bertz CT molecular complexity index is 515. The van der Waals surface area contributed by atoms with E-state index in [2.05, 4.69) is 15.2 Å². The lowest BCUT2D eigenvalue weighted by Crippen LogP contribution is -2.43. The lowest BCUT2D eigenvalue weighted by atomic mass is 10.0. The van der Waals surface area contributed by atoms with Crippen molar-refractivity contribution < 1.29 is 14.3 Å². The standard InChI is InChI=1S/C12H19N3O4/c1-7(2)5-9(12(18)19-4)14-10(16)8-6-13-15(3)11(8)17/h6-7,9,13H,5H2,1-4H3,(H,14,16)/t9-/m0/s1. The van der Waals surface area contributed by atoms with Gasteiger partial charge in [0.1, 0.15) is 11.6 Å². The number of hydrogen-bond acceptors (Lipinski definition) is 4. The molecule has 1 aromatic rings. The van der Waals surface area contributed by atoms with Crippen LogP contribution in [-0.4, -0.2) is 34.8 Å². The van der Waals surface area contributed by atoms with Crippen LogP contribution in [0.4, 0.5) is 0 Å². The smallest absolute Gasteiger partial charge is 0.328 e. The fourth-order valence-corrected chi connectivity index (χ4v) is 1.69. The van der Waals surface area contributed by atoms with Crippen LogP contribution in [0.2, 0.25) is 0 Å². The molecule has 0 fully saturated rings. The number of nitrogens with zero attached hydrogens (tertiary/aromatic N) is 1. The summed E-state index contributed by atoms with van der Waals surface area (Å²) in [6, 6.07) is -0.753. The van der Waals surface area contributed by atoms with Crippen LogP contribution in [0.5, 0.6) is 0 Å². The Kier molecular flexibility index (Phi) is 4.91. The second kappa shape index (κ2) is 6.21. The second-order valence-corrected chi connectivity index (χ2v) is 4.73. The summed E-state index contributed by atoms with van der Waals surface area (Å²) in [5.74, 6) is -0.897. The molecule has 0 aliphatic rings. The van der Waals surface area contributed by atoms with Crippen molar-refractivity contribution in [3.8, 4) is 0 Å². The minimum absolute atomic E-state index is 0.0276. The van der Waals surface area contributed by atoms with Gasteiger partial charge < -0.3 is 15.2 Å². The molecule has 0 bridgehead atoms. The van der Waals surface area contributed by atoms with Crippen molar-refractivity contribution in [2.24, 2.45) is 13.0 Å². The first-order valence-corrected chi connectivity index (χ1v) is 6.00. The molecule has 7 nitrogen and oxygen atoms in total. The predicted molar refractivity (Wildman–Crippen MR) is 68.8 cm³/mol. The highest BCUT2D eigenvalue weighted by atomic mass is 16.5. The number of aryl methyl sites for hydroxylation is 1. The van der Waals surface area contributed by atoms with Gasteiger partial charge in [-0.05, 0) is 12.3 Å². The molecule has 7 heteroatoms. The molecule has 1 amide bonds. The average Bonchev–Trinajstić information content (AvgIpc) is 2.67. The number of ether oxygens (including phenoxy) is 1. The van der Waals surface area contributed by atoms with Crippen LogP contribution in [0.3, 0.4) is 0 Å². The zero-order valence-corrected chi connectivity index (χ0v) is 11.5. The Morgan fingerprint density at radius 2 is 2.11 bits per heavy atom. The van der Waals surface area contributed by atoms with Crippen molar-refractivity contribution in [2.45, 2.75) is 26.3 Å². The number of aromatic nitrogens is 2. The number of H-pyrrole nitrogens is 1. The molecule has 0 aliphatic carbocycles. The maximum atomic E-state index is 11.9. The van der Waals surface area contributed by atoms with Gasteiger partial charge in [-0.1, -0.05) is 13.8 Å². The Balaban J connectivity index is 2.84. The van der Waals surface area contributed by atoms with Gasteiger partial charge in [0.2, 0.25) is 0 Å². The molecule has 0 radical (unpaired) electrons. The first kappa shape index (κ1) is 15.0. The third-order valence-electron chi connectivity index (χ3n) is 2.68. The number of esters is 1. The molecule has 19 heavy (non-hydrogen) atoms. The Labute approximate surface area is 110 Å². The summed E-state index contributed by atoms with van der Waals surface area (Å²) in [4.78, 5) is 35.1. The normalized spacial score (nSPS) is 12.3. The molecular formula is C12H19N3O4. The maximum absolute atomic E-state index is 11.9. The van der Waals surface area contributed by atoms with Crippen LogP contribution in [0.15, 0.2) is 11.0 Å². The van der Waals surface area contributed by atoms with Crippen LogP contribution in [0.1, 0.15) is 30.6 Å². The summed E-state index contributed by atoms with van der Waals surface area (Å²) in [5, 5.41) is 5.12. The molecule has 1 heterocycles. The third-order valence-corrected chi connectivity index (χ3v) is 2.68. The predicted octanol–water partition coefficient (Wildman–Crippen LogP) is 0.0309. The summed E-state index contributed by atoms with van der Waals surface area (Å²) in [6.45, 7) is 3.86. The highest BCUT2D eigenvalue weighted by Crippen LogP contribution is 2.07. The molecule has 0 aliphatic heterocycles. The first-order valence-electron chi connectivity index (χ1n) is 6.00. The van der Waals surface area contributed by atoms with Crippen LogP contribution < -0.4 is 10.9 Å². The molecule has 1 rings (SSSR count). The van der Waals surface area contributed by atoms with Crippen molar-refractivity contribution in [2.75, 3.05) is 7.11 Å². The number of nitrogens with one attached hydrogen (secondary N) is 2. The molecule has 0 saturated carbocycles. The zero-order valence-electron chi connectivity index (χ0n) is 11.5. The zero-order chi connectivity index (χ0) is 14.6. The average molecular weight is 269 g/mol. The Hall–Kier alpha value is -2.05. The molecular weight excluding hydrogens is 250 g/mol. The minimum atomic E-state index is -0.753. The van der Waals surface area contributed by atoms with E-state index in [9.17, 15) is 14.4 Å². The van der Waals surface area contributed by atoms with E-state index in [0.29, 0.717) is 6.42 Å². The maximum Gasteiger partial charge on any atom is 0.328 e. The number of amides is 1. The molecule has 2 N–H and O–H groups in total. The number of aromatic amines is 1. The molecule has 0 unspecified atom stereocenters. The van der Waals surface area contributed by atoms with Gasteiger partial charge in [0.05, 0.1) is 7.11 Å². The SMILES string of the molecule is COC(=O)[C@H](CC(C)C)NC(=O)c1c[nH]n(C)c1=O. The molecule has 0 spiro atoms. The summed E-state index contributed by atoms with van der Waals surface area (Å²) in [6.07, 6.45) is 1.75. The van der Waals surface area contributed by atoms with Gasteiger partial charge in [-0.2, -0.15) is 0 Å². The van der Waals surface area contributed by atoms with E-state index in [4.69, 9.17) is 0 Å². The molecule has 0 saturated heterocycles. The highest BCUT2D eigenvalue weighted by Gasteiger charge is 2.24. The fourth-order valence-electron chi connectivity index (χ4n) is 1.69. The quantitative estimate of drug-likeness (QED) is 0.737. The molecule has 1 aromatic heterocycles. The van der Waals surface area contributed by atoms with Gasteiger partial charge in [0.15, 0.2) is 0 Å². The second-order valence-electron chi connectivity index (χ2n) is 4.73. The van der Waals surface area contributed by atoms with E-state index in [-0.39, 0.29) is 11.5 Å². The van der Waals surface area contributed by atoms with Gasteiger partial charge in [0.25, 0.3) is 11.5 Å². The number of hydrogen-bond donors (Lipinski definition) is 2. The number of rotatable bonds is 5. The van der Waals surface area contributed by atoms with Crippen molar-refractivity contribution >= 4 is 11.9 Å². The molecule has 1 atom stereocenters. The largest absolute Gasteiger partial charge is 0.467 e. The van der Waals surface area contributed by atoms with Crippen molar-refractivity contribution in [1.82, 2.24) is 15.1 Å². The van der Waals surface area contributed by atoms with E-state index in [1.54, 1.807) is 0 Å². The topological polar surface area (TPSA) is 93.2 Å². The van der Waals surface area contributed by atoms with Crippen LogP contribution in [0, 0.1) is 5.92 Å². The molecule has 0 aromatic carbocycles. The Morgan fingerprint density at radius 1 is 1.47 bits per heavy atom. The van der Waals surface area contributed by atoms with Crippen LogP contribution >= 0.6 is 0 Å². The number of carbonyl (C=O) groups excluding carboxylic acids is 2. The number of carbonyl (C=O) groups is 2. The Morgan fingerprint density at radius 3 is 2.53 bits per heavy atom. The van der Waals surface area contributed by atoms with Gasteiger partial charge in [0, 0.05) is 13.2 Å².